The number of hydrogen-bond acceptors (Lipinski definition) is 4. The van der Waals surface area contributed by atoms with Gasteiger partial charge in [0, 0.05) is 24.4 Å². The number of aliphatic carboxylic acids is 1. The fraction of sp³-hybridized carbons (Fsp3) is 0.500. The lowest BCUT2D eigenvalue weighted by molar-refractivity contribution is -0.137. The summed E-state index contributed by atoms with van der Waals surface area (Å²) in [5.41, 5.74) is 1.75. The summed E-state index contributed by atoms with van der Waals surface area (Å²) >= 11 is 1.69. The van der Waals surface area contributed by atoms with E-state index in [4.69, 9.17) is 5.11 Å². The molecule has 21 heavy (non-hydrogen) atoms. The minimum absolute atomic E-state index is 0.231. The lowest BCUT2D eigenvalue weighted by atomic mass is 10.0. The first-order chi connectivity index (χ1) is 10.2. The third-order valence-corrected chi connectivity index (χ3v) is 4.75. The van der Waals surface area contributed by atoms with Crippen molar-refractivity contribution in [1.82, 2.24) is 0 Å². The highest BCUT2D eigenvalue weighted by Gasteiger charge is 2.25. The molecule has 0 bridgehead atoms. The molecule has 0 spiro atoms. The zero-order chi connectivity index (χ0) is 15.2. The first-order valence-corrected chi connectivity index (χ1v) is 8.27. The van der Waals surface area contributed by atoms with Crippen molar-refractivity contribution in [3.63, 3.8) is 0 Å². The van der Waals surface area contributed by atoms with Gasteiger partial charge in [-0.25, -0.2) is 0 Å². The number of nitrogens with zero attached hydrogens (tertiary/aromatic N) is 2. The van der Waals surface area contributed by atoms with Gasteiger partial charge in [-0.05, 0) is 36.6 Å². The van der Waals surface area contributed by atoms with Crippen LogP contribution in [0.3, 0.4) is 0 Å². The Bertz CT molecular complexity index is 554. The minimum Gasteiger partial charge on any atom is -0.481 e. The van der Waals surface area contributed by atoms with E-state index in [1.807, 2.05) is 18.2 Å². The van der Waals surface area contributed by atoms with Crippen LogP contribution in [0.15, 0.2) is 23.1 Å². The molecule has 2 rings (SSSR count). The molecule has 5 heteroatoms. The quantitative estimate of drug-likeness (QED) is 0.816. The van der Waals surface area contributed by atoms with E-state index in [1.54, 1.807) is 11.8 Å². The lowest BCUT2D eigenvalue weighted by Gasteiger charge is -2.21. The second-order valence-corrected chi connectivity index (χ2v) is 6.53. The summed E-state index contributed by atoms with van der Waals surface area (Å²) in [5, 5.41) is 18.2. The van der Waals surface area contributed by atoms with E-state index in [0.717, 1.165) is 47.8 Å². The molecule has 0 aliphatic carbocycles. The summed E-state index contributed by atoms with van der Waals surface area (Å²) in [6.45, 7) is 3.83. The molecule has 112 valence electrons. The standard InChI is InChI=1S/C16H20N2O2S/c1-2-21-15-5-3-4-14(13(15)10-17)18-9-8-12(11-18)6-7-16(19)20/h3-5,12H,2,6-9,11H2,1H3,(H,19,20). The van der Waals surface area contributed by atoms with E-state index in [2.05, 4.69) is 17.9 Å². The summed E-state index contributed by atoms with van der Waals surface area (Å²) < 4.78 is 0. The number of carbonyl (C=O) groups is 1. The van der Waals surface area contributed by atoms with Crippen LogP contribution in [-0.2, 0) is 4.79 Å². The first kappa shape index (κ1) is 15.7. The number of rotatable bonds is 6. The average molecular weight is 304 g/mol. The summed E-state index contributed by atoms with van der Waals surface area (Å²) in [5.74, 6) is 0.627. The predicted octanol–water partition coefficient (Wildman–Crippen LogP) is 3.36. The maximum absolute atomic E-state index is 10.7. The van der Waals surface area contributed by atoms with Crippen LogP contribution in [0.1, 0.15) is 31.7 Å². The molecule has 1 heterocycles. The second-order valence-electron chi connectivity index (χ2n) is 5.23. The van der Waals surface area contributed by atoms with Crippen molar-refractivity contribution in [3.8, 4) is 6.07 Å². The molecule has 0 amide bonds. The number of thioether (sulfide) groups is 1. The van der Waals surface area contributed by atoms with Crippen molar-refractivity contribution in [1.29, 1.82) is 5.26 Å². The molecule has 1 N–H and O–H groups in total. The van der Waals surface area contributed by atoms with Crippen LogP contribution in [0.2, 0.25) is 0 Å². The normalized spacial score (nSPS) is 17.7. The summed E-state index contributed by atoms with van der Waals surface area (Å²) in [6, 6.07) is 8.33. The smallest absolute Gasteiger partial charge is 0.303 e. The molecule has 1 fully saturated rings. The van der Waals surface area contributed by atoms with Crippen LogP contribution < -0.4 is 4.90 Å². The van der Waals surface area contributed by atoms with E-state index in [9.17, 15) is 10.1 Å². The van der Waals surface area contributed by atoms with Crippen molar-refractivity contribution in [2.24, 2.45) is 5.92 Å². The highest BCUT2D eigenvalue weighted by molar-refractivity contribution is 7.99. The third-order valence-electron chi connectivity index (χ3n) is 3.81. The Morgan fingerprint density at radius 3 is 3.05 bits per heavy atom. The molecule has 0 aromatic heterocycles. The van der Waals surface area contributed by atoms with E-state index >= 15 is 0 Å². The van der Waals surface area contributed by atoms with Crippen LogP contribution in [0.25, 0.3) is 0 Å². The molecule has 1 aliphatic rings. The van der Waals surface area contributed by atoms with Gasteiger partial charge in [-0.1, -0.05) is 13.0 Å². The van der Waals surface area contributed by atoms with Gasteiger partial charge in [0.2, 0.25) is 0 Å². The Labute approximate surface area is 129 Å². The molecular formula is C16H20N2O2S. The summed E-state index contributed by atoms with van der Waals surface area (Å²) in [7, 11) is 0. The van der Waals surface area contributed by atoms with Gasteiger partial charge in [-0.3, -0.25) is 4.79 Å². The van der Waals surface area contributed by atoms with Gasteiger partial charge in [0.05, 0.1) is 11.3 Å². The molecular weight excluding hydrogens is 284 g/mol. The van der Waals surface area contributed by atoms with Crippen molar-refractivity contribution in [3.05, 3.63) is 23.8 Å². The van der Waals surface area contributed by atoms with Crippen molar-refractivity contribution < 1.29 is 9.90 Å². The molecule has 0 radical (unpaired) electrons. The van der Waals surface area contributed by atoms with E-state index < -0.39 is 5.97 Å². The molecule has 1 aromatic carbocycles. The van der Waals surface area contributed by atoms with Crippen LogP contribution in [0, 0.1) is 17.2 Å². The Morgan fingerprint density at radius 2 is 2.38 bits per heavy atom. The number of nitriles is 1. The molecule has 0 saturated carbocycles. The van der Waals surface area contributed by atoms with Gasteiger partial charge in [0.15, 0.2) is 0 Å². The predicted molar refractivity (Wildman–Crippen MR) is 84.7 cm³/mol. The number of anilines is 1. The zero-order valence-corrected chi connectivity index (χ0v) is 13.0. The van der Waals surface area contributed by atoms with Crippen LogP contribution >= 0.6 is 11.8 Å². The number of carboxylic acid groups (broad SMARTS) is 1. The fourth-order valence-electron chi connectivity index (χ4n) is 2.79. The minimum atomic E-state index is -0.729. The van der Waals surface area contributed by atoms with Gasteiger partial charge in [-0.15, -0.1) is 11.8 Å². The largest absolute Gasteiger partial charge is 0.481 e. The third kappa shape index (κ3) is 3.92. The Kier molecular flexibility index (Phi) is 5.51. The topological polar surface area (TPSA) is 64.3 Å². The number of hydrogen-bond donors (Lipinski definition) is 1. The van der Waals surface area contributed by atoms with Gasteiger partial charge < -0.3 is 10.0 Å². The number of carboxylic acids is 1. The number of benzene rings is 1. The fourth-order valence-corrected chi connectivity index (χ4v) is 3.57. The van der Waals surface area contributed by atoms with Crippen molar-refractivity contribution >= 4 is 23.4 Å². The second kappa shape index (κ2) is 7.37. The SMILES string of the molecule is CCSc1cccc(N2CCC(CCC(=O)O)C2)c1C#N. The van der Waals surface area contributed by atoms with E-state index in [-0.39, 0.29) is 6.42 Å². The molecule has 4 nitrogen and oxygen atoms in total. The Hall–Kier alpha value is -1.67. The summed E-state index contributed by atoms with van der Waals surface area (Å²) in [4.78, 5) is 13.9. The first-order valence-electron chi connectivity index (χ1n) is 7.28. The van der Waals surface area contributed by atoms with E-state index in [0.29, 0.717) is 5.92 Å². The highest BCUT2D eigenvalue weighted by atomic mass is 32.2. The Balaban J connectivity index is 2.11. The van der Waals surface area contributed by atoms with Gasteiger partial charge in [0.1, 0.15) is 6.07 Å². The molecule has 1 saturated heterocycles. The average Bonchev–Trinajstić information content (AvgIpc) is 2.94. The van der Waals surface area contributed by atoms with Gasteiger partial charge in [-0.2, -0.15) is 5.26 Å². The molecule has 1 aromatic rings. The monoisotopic (exact) mass is 304 g/mol. The van der Waals surface area contributed by atoms with Crippen LogP contribution in [-0.4, -0.2) is 29.9 Å². The Morgan fingerprint density at radius 1 is 1.57 bits per heavy atom. The van der Waals surface area contributed by atoms with Crippen molar-refractivity contribution in [2.45, 2.75) is 31.1 Å². The summed E-state index contributed by atoms with van der Waals surface area (Å²) in [6.07, 6.45) is 1.95. The lowest BCUT2D eigenvalue weighted by Crippen LogP contribution is -2.21. The van der Waals surface area contributed by atoms with Crippen LogP contribution in [0.4, 0.5) is 5.69 Å². The highest BCUT2D eigenvalue weighted by Crippen LogP contribution is 2.33. The molecule has 1 atom stereocenters. The molecule has 1 unspecified atom stereocenters. The molecule has 1 aliphatic heterocycles. The zero-order valence-electron chi connectivity index (χ0n) is 12.2. The van der Waals surface area contributed by atoms with Gasteiger partial charge in [0.25, 0.3) is 0 Å². The maximum atomic E-state index is 10.7. The van der Waals surface area contributed by atoms with E-state index in [1.165, 1.54) is 0 Å². The van der Waals surface area contributed by atoms with Gasteiger partial charge >= 0.3 is 5.97 Å². The maximum Gasteiger partial charge on any atom is 0.303 e. The van der Waals surface area contributed by atoms with Crippen LogP contribution in [0.5, 0.6) is 0 Å². The van der Waals surface area contributed by atoms with Crippen molar-refractivity contribution in [2.75, 3.05) is 23.7 Å².